The molecule has 0 radical (unpaired) electrons. The molecule has 2 aromatic carbocycles. The average Bonchev–Trinajstić information content (AvgIpc) is 3.03. The number of nitrogens with one attached hydrogen (secondary N) is 1. The van der Waals surface area contributed by atoms with Gasteiger partial charge in [0.05, 0.1) is 15.0 Å². The SMILES string of the molecule is CC(=O)c1ccc(OCC(=O)NCCN2C(=O)SC(=Cc3cccc(Cl)c3Cl)C2=O)cc1. The van der Waals surface area contributed by atoms with Gasteiger partial charge < -0.3 is 10.1 Å². The number of hydrogen-bond acceptors (Lipinski definition) is 6. The first-order valence-electron chi connectivity index (χ1n) is 9.46. The van der Waals surface area contributed by atoms with Crippen LogP contribution in [-0.2, 0) is 9.59 Å². The first-order chi connectivity index (χ1) is 15.3. The van der Waals surface area contributed by atoms with Crippen molar-refractivity contribution in [3.8, 4) is 5.75 Å². The molecule has 1 fully saturated rings. The number of thioether (sulfide) groups is 1. The van der Waals surface area contributed by atoms with E-state index in [1.54, 1.807) is 42.5 Å². The molecule has 3 amide bonds. The summed E-state index contributed by atoms with van der Waals surface area (Å²) in [5.41, 5.74) is 1.08. The van der Waals surface area contributed by atoms with E-state index in [1.165, 1.54) is 13.0 Å². The third kappa shape index (κ3) is 5.91. The number of carbonyl (C=O) groups is 4. The molecule has 1 saturated heterocycles. The molecular formula is C22H18Cl2N2O5S. The molecule has 2 aromatic rings. The van der Waals surface area contributed by atoms with E-state index < -0.39 is 17.1 Å². The topological polar surface area (TPSA) is 92.8 Å². The van der Waals surface area contributed by atoms with Crippen molar-refractivity contribution in [3.05, 3.63) is 68.5 Å². The van der Waals surface area contributed by atoms with E-state index in [1.807, 2.05) is 0 Å². The first-order valence-corrected chi connectivity index (χ1v) is 11.0. The molecule has 0 atom stereocenters. The zero-order valence-electron chi connectivity index (χ0n) is 16.9. The van der Waals surface area contributed by atoms with Gasteiger partial charge in [-0.2, -0.15) is 0 Å². The van der Waals surface area contributed by atoms with Gasteiger partial charge in [0, 0.05) is 18.7 Å². The molecule has 0 spiro atoms. The Bertz CT molecular complexity index is 1100. The Hall–Kier alpha value is -2.81. The van der Waals surface area contributed by atoms with Crippen molar-refractivity contribution in [2.75, 3.05) is 19.7 Å². The van der Waals surface area contributed by atoms with Crippen molar-refractivity contribution >= 4 is 63.9 Å². The summed E-state index contributed by atoms with van der Waals surface area (Å²) in [6, 6.07) is 11.4. The van der Waals surface area contributed by atoms with Crippen LogP contribution in [0.4, 0.5) is 4.79 Å². The predicted octanol–water partition coefficient (Wildman–Crippen LogP) is 4.43. The Balaban J connectivity index is 1.49. The molecule has 7 nitrogen and oxygen atoms in total. The average molecular weight is 493 g/mol. The van der Waals surface area contributed by atoms with Crippen molar-refractivity contribution in [1.29, 1.82) is 0 Å². The van der Waals surface area contributed by atoms with E-state index in [0.29, 0.717) is 26.9 Å². The van der Waals surface area contributed by atoms with E-state index in [4.69, 9.17) is 27.9 Å². The van der Waals surface area contributed by atoms with Crippen LogP contribution in [0, 0.1) is 0 Å². The molecular weight excluding hydrogens is 475 g/mol. The number of rotatable bonds is 8. The van der Waals surface area contributed by atoms with Gasteiger partial charge in [0.1, 0.15) is 5.75 Å². The number of imide groups is 1. The third-order valence-electron chi connectivity index (χ3n) is 4.43. The molecule has 1 N–H and O–H groups in total. The fourth-order valence-corrected chi connectivity index (χ4v) is 3.98. The molecule has 32 heavy (non-hydrogen) atoms. The maximum atomic E-state index is 12.6. The Labute approximate surface area is 198 Å². The van der Waals surface area contributed by atoms with Crippen LogP contribution in [0.25, 0.3) is 6.08 Å². The summed E-state index contributed by atoms with van der Waals surface area (Å²) in [5.74, 6) is -0.492. The summed E-state index contributed by atoms with van der Waals surface area (Å²) >= 11 is 12.9. The first kappa shape index (κ1) is 23.8. The maximum absolute atomic E-state index is 12.6. The molecule has 3 rings (SSSR count). The van der Waals surface area contributed by atoms with Crippen LogP contribution in [0.1, 0.15) is 22.8 Å². The van der Waals surface area contributed by atoms with Gasteiger partial charge in [-0.1, -0.05) is 35.3 Å². The van der Waals surface area contributed by atoms with Crippen molar-refractivity contribution < 1.29 is 23.9 Å². The largest absolute Gasteiger partial charge is 0.484 e. The van der Waals surface area contributed by atoms with Crippen LogP contribution < -0.4 is 10.1 Å². The molecule has 0 unspecified atom stereocenters. The van der Waals surface area contributed by atoms with Crippen molar-refractivity contribution in [2.24, 2.45) is 0 Å². The lowest BCUT2D eigenvalue weighted by Crippen LogP contribution is -2.38. The maximum Gasteiger partial charge on any atom is 0.293 e. The summed E-state index contributed by atoms with van der Waals surface area (Å²) < 4.78 is 5.36. The minimum atomic E-state index is -0.466. The zero-order valence-corrected chi connectivity index (χ0v) is 19.2. The zero-order chi connectivity index (χ0) is 23.3. The Morgan fingerprint density at radius 2 is 1.84 bits per heavy atom. The molecule has 166 valence electrons. The van der Waals surface area contributed by atoms with E-state index in [9.17, 15) is 19.2 Å². The standard InChI is InChI=1S/C22H18Cl2N2O5S/c1-13(27)14-5-7-16(8-6-14)31-12-19(28)25-9-10-26-21(29)18(32-22(26)30)11-15-3-2-4-17(23)20(15)24/h2-8,11H,9-10,12H2,1H3,(H,25,28). The Morgan fingerprint density at radius 1 is 1.12 bits per heavy atom. The summed E-state index contributed by atoms with van der Waals surface area (Å²) in [7, 11) is 0. The summed E-state index contributed by atoms with van der Waals surface area (Å²) in [5, 5.41) is 2.81. The number of ketones is 1. The number of nitrogens with zero attached hydrogens (tertiary/aromatic N) is 1. The fraction of sp³-hybridized carbons (Fsp3) is 0.182. The number of halogens is 2. The van der Waals surface area contributed by atoms with E-state index in [2.05, 4.69) is 5.32 Å². The lowest BCUT2D eigenvalue weighted by atomic mass is 10.1. The number of carbonyl (C=O) groups excluding carboxylic acids is 4. The van der Waals surface area contributed by atoms with Crippen molar-refractivity contribution in [3.63, 3.8) is 0 Å². The lowest BCUT2D eigenvalue weighted by molar-refractivity contribution is -0.125. The van der Waals surface area contributed by atoms with Crippen LogP contribution in [-0.4, -0.2) is 47.4 Å². The monoisotopic (exact) mass is 492 g/mol. The highest BCUT2D eigenvalue weighted by Gasteiger charge is 2.34. The summed E-state index contributed by atoms with van der Waals surface area (Å²) in [6.45, 7) is 1.32. The van der Waals surface area contributed by atoms with Gasteiger partial charge in [-0.25, -0.2) is 0 Å². The quantitative estimate of drug-likeness (QED) is 0.432. The third-order valence-corrected chi connectivity index (χ3v) is 6.17. The number of Topliss-reactive ketones (excluding diaryl/α,β-unsaturated/α-hetero) is 1. The minimum absolute atomic E-state index is 0.0182. The molecule has 0 aromatic heterocycles. The molecule has 0 aliphatic carbocycles. The van der Waals surface area contributed by atoms with Crippen LogP contribution in [0.5, 0.6) is 5.75 Å². The molecule has 1 aliphatic rings. The molecule has 0 bridgehead atoms. The summed E-state index contributed by atoms with van der Waals surface area (Å²) in [4.78, 5) is 49.3. The fourth-order valence-electron chi connectivity index (χ4n) is 2.76. The van der Waals surface area contributed by atoms with Crippen LogP contribution in [0.3, 0.4) is 0 Å². The Kier molecular flexibility index (Phi) is 7.95. The highest BCUT2D eigenvalue weighted by atomic mass is 35.5. The molecule has 10 heteroatoms. The van der Waals surface area contributed by atoms with Gasteiger partial charge >= 0.3 is 0 Å². The van der Waals surface area contributed by atoms with Gasteiger partial charge in [-0.05, 0) is 60.7 Å². The molecule has 1 heterocycles. The van der Waals surface area contributed by atoms with E-state index >= 15 is 0 Å². The van der Waals surface area contributed by atoms with E-state index in [-0.39, 0.29) is 30.4 Å². The van der Waals surface area contributed by atoms with Gasteiger partial charge in [-0.15, -0.1) is 0 Å². The summed E-state index contributed by atoms with van der Waals surface area (Å²) in [6.07, 6.45) is 1.52. The number of amides is 3. The number of hydrogen-bond donors (Lipinski definition) is 1. The van der Waals surface area contributed by atoms with Gasteiger partial charge in [-0.3, -0.25) is 24.1 Å². The second-order valence-corrected chi connectivity index (χ2v) is 8.47. The van der Waals surface area contributed by atoms with Crippen LogP contribution >= 0.6 is 35.0 Å². The molecule has 0 saturated carbocycles. The minimum Gasteiger partial charge on any atom is -0.484 e. The highest BCUT2D eigenvalue weighted by molar-refractivity contribution is 8.18. The predicted molar refractivity (Wildman–Crippen MR) is 124 cm³/mol. The van der Waals surface area contributed by atoms with Gasteiger partial charge in [0.2, 0.25) is 0 Å². The smallest absolute Gasteiger partial charge is 0.293 e. The molecule has 1 aliphatic heterocycles. The van der Waals surface area contributed by atoms with Crippen molar-refractivity contribution in [1.82, 2.24) is 10.2 Å². The second-order valence-electron chi connectivity index (χ2n) is 6.70. The highest BCUT2D eigenvalue weighted by Crippen LogP contribution is 2.34. The number of ether oxygens (including phenoxy) is 1. The van der Waals surface area contributed by atoms with Gasteiger partial charge in [0.15, 0.2) is 12.4 Å². The number of benzene rings is 2. The second kappa shape index (κ2) is 10.7. The lowest BCUT2D eigenvalue weighted by Gasteiger charge is -2.13. The van der Waals surface area contributed by atoms with Crippen LogP contribution in [0.2, 0.25) is 10.0 Å². The van der Waals surface area contributed by atoms with Crippen LogP contribution in [0.15, 0.2) is 47.4 Å². The van der Waals surface area contributed by atoms with Crippen molar-refractivity contribution in [2.45, 2.75) is 6.92 Å². The normalized spacial score (nSPS) is 14.7. The Morgan fingerprint density at radius 3 is 2.53 bits per heavy atom. The van der Waals surface area contributed by atoms with Gasteiger partial charge in [0.25, 0.3) is 17.1 Å². The van der Waals surface area contributed by atoms with E-state index in [0.717, 1.165) is 16.7 Å².